The summed E-state index contributed by atoms with van der Waals surface area (Å²) in [5.41, 5.74) is 6.92. The van der Waals surface area contributed by atoms with E-state index in [1.807, 2.05) is 13.0 Å². The van der Waals surface area contributed by atoms with Crippen LogP contribution in [-0.4, -0.2) is 34.7 Å². The lowest BCUT2D eigenvalue weighted by Crippen LogP contribution is -2.48. The van der Waals surface area contributed by atoms with Crippen LogP contribution >= 0.6 is 15.9 Å². The van der Waals surface area contributed by atoms with E-state index in [2.05, 4.69) is 46.0 Å². The third-order valence-corrected chi connectivity index (χ3v) is 4.45. The SMILES string of the molecule is CC(N)C(c1cccc(Br)c1)N1CCC(C)(O)CC1. The first-order valence-corrected chi connectivity index (χ1v) is 7.66. The van der Waals surface area contributed by atoms with E-state index < -0.39 is 5.60 Å². The van der Waals surface area contributed by atoms with Crippen molar-refractivity contribution in [3.8, 4) is 0 Å². The van der Waals surface area contributed by atoms with Crippen molar-refractivity contribution in [2.24, 2.45) is 5.73 Å². The second-order valence-electron chi connectivity index (χ2n) is 5.89. The zero-order valence-electron chi connectivity index (χ0n) is 11.6. The average molecular weight is 327 g/mol. The summed E-state index contributed by atoms with van der Waals surface area (Å²) < 4.78 is 1.08. The van der Waals surface area contributed by atoms with Gasteiger partial charge >= 0.3 is 0 Å². The van der Waals surface area contributed by atoms with Gasteiger partial charge in [0.1, 0.15) is 0 Å². The minimum absolute atomic E-state index is 0.0670. The second-order valence-corrected chi connectivity index (χ2v) is 6.81. The summed E-state index contributed by atoms with van der Waals surface area (Å²) in [5.74, 6) is 0. The van der Waals surface area contributed by atoms with Crippen molar-refractivity contribution >= 4 is 15.9 Å². The number of hydrogen-bond donors (Lipinski definition) is 2. The number of piperidine rings is 1. The van der Waals surface area contributed by atoms with Gasteiger partial charge in [0.25, 0.3) is 0 Å². The molecule has 4 heteroatoms. The summed E-state index contributed by atoms with van der Waals surface area (Å²) in [6.45, 7) is 5.76. The van der Waals surface area contributed by atoms with E-state index in [1.165, 1.54) is 5.56 Å². The van der Waals surface area contributed by atoms with Gasteiger partial charge in [-0.05, 0) is 44.4 Å². The number of benzene rings is 1. The molecule has 106 valence electrons. The Kier molecular flexibility index (Phi) is 4.66. The first kappa shape index (κ1) is 15.0. The summed E-state index contributed by atoms with van der Waals surface area (Å²) >= 11 is 3.52. The van der Waals surface area contributed by atoms with Crippen LogP contribution in [-0.2, 0) is 0 Å². The number of rotatable bonds is 3. The van der Waals surface area contributed by atoms with Gasteiger partial charge in [0.05, 0.1) is 5.60 Å². The smallest absolute Gasteiger partial charge is 0.0644 e. The van der Waals surface area contributed by atoms with Gasteiger partial charge in [-0.3, -0.25) is 4.90 Å². The molecule has 1 aliphatic rings. The molecule has 1 aromatic rings. The fourth-order valence-electron chi connectivity index (χ4n) is 2.82. The summed E-state index contributed by atoms with van der Waals surface area (Å²) in [5, 5.41) is 10.1. The molecular formula is C15H23BrN2O. The molecule has 2 rings (SSSR count). The van der Waals surface area contributed by atoms with Crippen molar-refractivity contribution in [2.75, 3.05) is 13.1 Å². The highest BCUT2D eigenvalue weighted by atomic mass is 79.9. The third-order valence-electron chi connectivity index (χ3n) is 3.96. The van der Waals surface area contributed by atoms with Crippen LogP contribution in [0.1, 0.15) is 38.3 Å². The molecule has 0 spiro atoms. The Balaban J connectivity index is 2.18. The van der Waals surface area contributed by atoms with E-state index in [4.69, 9.17) is 5.73 Å². The highest BCUT2D eigenvalue weighted by Gasteiger charge is 2.32. The van der Waals surface area contributed by atoms with Crippen LogP contribution in [0.3, 0.4) is 0 Å². The van der Waals surface area contributed by atoms with Crippen molar-refractivity contribution in [3.63, 3.8) is 0 Å². The molecule has 1 aromatic carbocycles. The number of nitrogens with zero attached hydrogens (tertiary/aromatic N) is 1. The van der Waals surface area contributed by atoms with Gasteiger partial charge in [0.2, 0.25) is 0 Å². The molecule has 19 heavy (non-hydrogen) atoms. The molecule has 2 unspecified atom stereocenters. The Morgan fingerprint density at radius 1 is 1.37 bits per heavy atom. The summed E-state index contributed by atoms with van der Waals surface area (Å²) in [4.78, 5) is 2.39. The van der Waals surface area contributed by atoms with Gasteiger partial charge in [-0.25, -0.2) is 0 Å². The van der Waals surface area contributed by atoms with Gasteiger partial charge in [0.15, 0.2) is 0 Å². The zero-order chi connectivity index (χ0) is 14.0. The third kappa shape index (κ3) is 3.78. The number of halogens is 1. The molecule has 1 fully saturated rings. The van der Waals surface area contributed by atoms with E-state index in [0.717, 1.165) is 30.4 Å². The molecule has 0 aromatic heterocycles. The van der Waals surface area contributed by atoms with Gasteiger partial charge in [-0.15, -0.1) is 0 Å². The van der Waals surface area contributed by atoms with Crippen LogP contribution in [0.15, 0.2) is 28.7 Å². The molecule has 0 aliphatic carbocycles. The Morgan fingerprint density at radius 3 is 2.53 bits per heavy atom. The number of aliphatic hydroxyl groups is 1. The highest BCUT2D eigenvalue weighted by Crippen LogP contribution is 2.31. The lowest BCUT2D eigenvalue weighted by molar-refractivity contribution is -0.0194. The molecule has 1 saturated heterocycles. The maximum atomic E-state index is 10.1. The normalized spacial score (nSPS) is 23.0. The quantitative estimate of drug-likeness (QED) is 0.897. The minimum atomic E-state index is -0.518. The van der Waals surface area contributed by atoms with Crippen molar-refractivity contribution < 1.29 is 5.11 Å². The van der Waals surface area contributed by atoms with Crippen LogP contribution < -0.4 is 5.73 Å². The van der Waals surface area contributed by atoms with Crippen molar-refractivity contribution in [1.29, 1.82) is 0 Å². The van der Waals surface area contributed by atoms with Gasteiger partial charge in [-0.1, -0.05) is 28.1 Å². The lowest BCUT2D eigenvalue weighted by Gasteiger charge is -2.41. The van der Waals surface area contributed by atoms with E-state index >= 15 is 0 Å². The second kappa shape index (κ2) is 5.92. The molecule has 0 radical (unpaired) electrons. The van der Waals surface area contributed by atoms with Crippen LogP contribution in [0.5, 0.6) is 0 Å². The van der Waals surface area contributed by atoms with E-state index in [0.29, 0.717) is 0 Å². The van der Waals surface area contributed by atoms with Crippen LogP contribution in [0.25, 0.3) is 0 Å². The topological polar surface area (TPSA) is 49.5 Å². The van der Waals surface area contributed by atoms with Crippen LogP contribution in [0.4, 0.5) is 0 Å². The Morgan fingerprint density at radius 2 is 2.00 bits per heavy atom. The van der Waals surface area contributed by atoms with E-state index in [9.17, 15) is 5.11 Å². The van der Waals surface area contributed by atoms with Crippen molar-refractivity contribution in [3.05, 3.63) is 34.3 Å². The monoisotopic (exact) mass is 326 g/mol. The highest BCUT2D eigenvalue weighted by molar-refractivity contribution is 9.10. The Labute approximate surface area is 123 Å². The number of likely N-dealkylation sites (tertiary alicyclic amines) is 1. The molecule has 3 N–H and O–H groups in total. The molecule has 0 saturated carbocycles. The Bertz CT molecular complexity index is 424. The summed E-state index contributed by atoms with van der Waals surface area (Å²) in [6.07, 6.45) is 1.62. The minimum Gasteiger partial charge on any atom is -0.390 e. The van der Waals surface area contributed by atoms with Crippen molar-refractivity contribution in [1.82, 2.24) is 4.90 Å². The van der Waals surface area contributed by atoms with Crippen molar-refractivity contribution in [2.45, 2.75) is 44.4 Å². The first-order valence-electron chi connectivity index (χ1n) is 6.86. The number of nitrogens with two attached hydrogens (primary N) is 1. The maximum absolute atomic E-state index is 10.1. The predicted molar refractivity (Wildman–Crippen MR) is 82.0 cm³/mol. The van der Waals surface area contributed by atoms with Gasteiger partial charge < -0.3 is 10.8 Å². The molecule has 0 bridgehead atoms. The van der Waals surface area contributed by atoms with Crippen LogP contribution in [0.2, 0.25) is 0 Å². The molecular weight excluding hydrogens is 304 g/mol. The molecule has 3 nitrogen and oxygen atoms in total. The molecule has 0 amide bonds. The van der Waals surface area contributed by atoms with Gasteiger partial charge in [-0.2, -0.15) is 0 Å². The molecule has 1 aliphatic heterocycles. The number of hydrogen-bond acceptors (Lipinski definition) is 3. The summed E-state index contributed by atoms with van der Waals surface area (Å²) in [6, 6.07) is 8.63. The summed E-state index contributed by atoms with van der Waals surface area (Å²) in [7, 11) is 0. The average Bonchev–Trinajstić information content (AvgIpc) is 2.31. The maximum Gasteiger partial charge on any atom is 0.0644 e. The van der Waals surface area contributed by atoms with Gasteiger partial charge in [0, 0.05) is 29.6 Å². The van der Waals surface area contributed by atoms with Crippen LogP contribution in [0, 0.1) is 0 Å². The molecule has 2 atom stereocenters. The van der Waals surface area contributed by atoms with E-state index in [-0.39, 0.29) is 12.1 Å². The molecule has 1 heterocycles. The first-order chi connectivity index (χ1) is 8.89. The van der Waals surface area contributed by atoms with E-state index in [1.54, 1.807) is 0 Å². The largest absolute Gasteiger partial charge is 0.390 e. The predicted octanol–water partition coefficient (Wildman–Crippen LogP) is 2.68. The lowest BCUT2D eigenvalue weighted by atomic mass is 9.90. The zero-order valence-corrected chi connectivity index (χ0v) is 13.2. The fraction of sp³-hybridized carbons (Fsp3) is 0.600. The standard InChI is InChI=1S/C15H23BrN2O/c1-11(17)14(12-4-3-5-13(16)10-12)18-8-6-15(2,19)7-9-18/h3-5,10-11,14,19H,6-9,17H2,1-2H3. The Hall–Kier alpha value is -0.420. The fourth-order valence-corrected chi connectivity index (χ4v) is 3.24.